The second-order valence-corrected chi connectivity index (χ2v) is 7.51. The van der Waals surface area contributed by atoms with Gasteiger partial charge in [-0.1, -0.05) is 42.7 Å². The highest BCUT2D eigenvalue weighted by atomic mass is 79.9. The summed E-state index contributed by atoms with van der Waals surface area (Å²) < 4.78 is 0. The molecule has 0 rings (SSSR count). The second-order valence-electron chi connectivity index (χ2n) is 2.76. The highest BCUT2D eigenvalue weighted by Gasteiger charge is 2.03. The summed E-state index contributed by atoms with van der Waals surface area (Å²) in [6.07, 6.45) is 4.08. The largest absolute Gasteiger partial charge is 0.0650 e. The van der Waals surface area contributed by atoms with E-state index in [1.54, 1.807) is 0 Å². The predicted octanol–water partition coefficient (Wildman–Crippen LogP) is 3.84. The van der Waals surface area contributed by atoms with Crippen LogP contribution in [-0.2, 0) is 0 Å². The van der Waals surface area contributed by atoms with Crippen LogP contribution in [0, 0.1) is 5.92 Å². The molecule has 0 fully saturated rings. The van der Waals surface area contributed by atoms with E-state index < -0.39 is 0 Å². The van der Waals surface area contributed by atoms with Gasteiger partial charge in [0, 0.05) is 0 Å². The van der Waals surface area contributed by atoms with E-state index in [1.807, 2.05) is 0 Å². The summed E-state index contributed by atoms with van der Waals surface area (Å²) in [7, 11) is 0. The first-order valence-electron chi connectivity index (χ1n) is 3.57. The summed E-state index contributed by atoms with van der Waals surface area (Å²) in [5.74, 6) is 0.863. The van der Waals surface area contributed by atoms with Crippen molar-refractivity contribution in [3.05, 3.63) is 0 Å². The van der Waals surface area contributed by atoms with Crippen molar-refractivity contribution < 1.29 is 0 Å². The van der Waals surface area contributed by atoms with Crippen LogP contribution < -0.4 is 0 Å². The van der Waals surface area contributed by atoms with E-state index in [9.17, 15) is 0 Å². The van der Waals surface area contributed by atoms with Crippen LogP contribution in [0.3, 0.4) is 0 Å². The Morgan fingerprint density at radius 3 is 2.33 bits per heavy atom. The van der Waals surface area contributed by atoms with Crippen LogP contribution in [0.15, 0.2) is 0 Å². The van der Waals surface area contributed by atoms with Crippen molar-refractivity contribution in [3.63, 3.8) is 0 Å². The predicted molar refractivity (Wildman–Crippen MR) is 50.7 cm³/mol. The van der Waals surface area contributed by atoms with E-state index in [0.717, 1.165) is 5.92 Å². The average molecular weight is 211 g/mol. The van der Waals surface area contributed by atoms with Crippen LogP contribution in [0.5, 0.6) is 0 Å². The molecule has 0 radical (unpaired) electrons. The molecule has 1 atom stereocenters. The fourth-order valence-corrected chi connectivity index (χ4v) is 4.99. The zero-order valence-corrected chi connectivity index (χ0v) is 9.00. The molecule has 0 aliphatic heterocycles. The quantitative estimate of drug-likeness (QED) is 0.619. The third-order valence-corrected chi connectivity index (χ3v) is 5.02. The van der Waals surface area contributed by atoms with Gasteiger partial charge in [-0.25, -0.2) is 0 Å². The molecule has 0 heterocycles. The fourth-order valence-electron chi connectivity index (χ4n) is 0.730. The smallest absolute Gasteiger partial charge is 0.0204 e. The fraction of sp³-hybridized carbons (Fsp3) is 1.00. The van der Waals surface area contributed by atoms with Crippen LogP contribution >= 0.6 is 22.1 Å². The van der Waals surface area contributed by atoms with Crippen molar-refractivity contribution in [1.82, 2.24) is 0 Å². The minimum atomic E-state index is 0.192. The van der Waals surface area contributed by atoms with Gasteiger partial charge in [-0.2, -0.15) is 0 Å². The van der Waals surface area contributed by atoms with E-state index >= 15 is 0 Å². The maximum atomic E-state index is 3.70. The average Bonchev–Trinajstić information content (AvgIpc) is 1.63. The molecule has 2 heteroatoms. The molecule has 0 spiro atoms. The highest BCUT2D eigenvalue weighted by Crippen LogP contribution is 2.45. The summed E-state index contributed by atoms with van der Waals surface area (Å²) in [5, 5.41) is 0. The van der Waals surface area contributed by atoms with Gasteiger partial charge in [-0.05, 0) is 24.9 Å². The number of hydrogen-bond acceptors (Lipinski definition) is 0. The van der Waals surface area contributed by atoms with Gasteiger partial charge < -0.3 is 0 Å². The van der Waals surface area contributed by atoms with Crippen molar-refractivity contribution in [1.29, 1.82) is 0 Å². The summed E-state index contributed by atoms with van der Waals surface area (Å²) in [6, 6.07) is 0. The van der Waals surface area contributed by atoms with Gasteiger partial charge in [0.05, 0.1) is 0 Å². The van der Waals surface area contributed by atoms with Crippen LogP contribution in [0.25, 0.3) is 0 Å². The van der Waals surface area contributed by atoms with E-state index in [2.05, 4.69) is 36.3 Å². The lowest BCUT2D eigenvalue weighted by Gasteiger charge is -2.10. The SMILES string of the molecule is CCCP(Br)CC(C)C. The molecule has 1 unspecified atom stereocenters. The highest BCUT2D eigenvalue weighted by molar-refractivity contribution is 9.39. The third-order valence-electron chi connectivity index (χ3n) is 1.03. The Morgan fingerprint density at radius 2 is 2.00 bits per heavy atom. The van der Waals surface area contributed by atoms with Crippen molar-refractivity contribution in [3.8, 4) is 0 Å². The molecule has 0 aliphatic carbocycles. The lowest BCUT2D eigenvalue weighted by molar-refractivity contribution is 0.746. The van der Waals surface area contributed by atoms with Gasteiger partial charge in [-0.3, -0.25) is 0 Å². The van der Waals surface area contributed by atoms with E-state index in [0.29, 0.717) is 0 Å². The molecule has 0 aromatic carbocycles. The molecule has 56 valence electrons. The topological polar surface area (TPSA) is 0 Å². The molecular weight excluding hydrogens is 195 g/mol. The monoisotopic (exact) mass is 210 g/mol. The maximum absolute atomic E-state index is 3.70. The molecular formula is C7H16BrP. The molecule has 0 bridgehead atoms. The van der Waals surface area contributed by atoms with Crippen molar-refractivity contribution in [2.75, 3.05) is 12.3 Å². The van der Waals surface area contributed by atoms with Gasteiger partial charge in [0.25, 0.3) is 0 Å². The van der Waals surface area contributed by atoms with Gasteiger partial charge in [0.15, 0.2) is 0 Å². The minimum absolute atomic E-state index is 0.192. The van der Waals surface area contributed by atoms with Crippen LogP contribution in [-0.4, -0.2) is 12.3 Å². The summed E-state index contributed by atoms with van der Waals surface area (Å²) in [6.45, 7) is 7.01. The molecule has 0 aromatic heterocycles. The summed E-state index contributed by atoms with van der Waals surface area (Å²) in [4.78, 5) is 0. The van der Waals surface area contributed by atoms with Gasteiger partial charge in [-0.15, -0.1) is 0 Å². The zero-order valence-electron chi connectivity index (χ0n) is 6.52. The number of hydrogen-bond donors (Lipinski definition) is 0. The summed E-state index contributed by atoms with van der Waals surface area (Å²) in [5.41, 5.74) is 0. The number of rotatable bonds is 4. The summed E-state index contributed by atoms with van der Waals surface area (Å²) >= 11 is 3.70. The molecule has 0 aromatic rings. The second kappa shape index (κ2) is 5.68. The van der Waals surface area contributed by atoms with Crippen LogP contribution in [0.4, 0.5) is 0 Å². The Kier molecular flexibility index (Phi) is 6.25. The van der Waals surface area contributed by atoms with Crippen molar-refractivity contribution in [2.45, 2.75) is 27.2 Å². The zero-order chi connectivity index (χ0) is 7.28. The number of halogens is 1. The Balaban J connectivity index is 3.15. The third kappa shape index (κ3) is 6.80. The maximum Gasteiger partial charge on any atom is -0.0204 e. The van der Waals surface area contributed by atoms with Crippen LogP contribution in [0.2, 0.25) is 0 Å². The Morgan fingerprint density at radius 1 is 1.44 bits per heavy atom. The van der Waals surface area contributed by atoms with Crippen molar-refractivity contribution in [2.24, 2.45) is 5.92 Å². The molecule has 0 amide bonds. The Bertz CT molecular complexity index is 63.9. The molecule has 0 saturated carbocycles. The molecule has 0 aliphatic rings. The van der Waals surface area contributed by atoms with Crippen molar-refractivity contribution >= 4 is 22.1 Å². The lowest BCUT2D eigenvalue weighted by Crippen LogP contribution is -1.92. The molecule has 0 nitrogen and oxygen atoms in total. The first kappa shape index (κ1) is 9.91. The lowest BCUT2D eigenvalue weighted by atomic mass is 10.3. The van der Waals surface area contributed by atoms with Gasteiger partial charge in [0.1, 0.15) is 0 Å². The molecule has 0 saturated heterocycles. The standard InChI is InChI=1S/C7H16BrP/c1-4-5-9(8)6-7(2)3/h7H,4-6H2,1-3H3. The van der Waals surface area contributed by atoms with E-state index in [1.165, 1.54) is 18.7 Å². The van der Waals surface area contributed by atoms with Gasteiger partial charge in [0.2, 0.25) is 0 Å². The minimum Gasteiger partial charge on any atom is -0.0650 e. The Labute approximate surface area is 67.9 Å². The van der Waals surface area contributed by atoms with E-state index in [4.69, 9.17) is 0 Å². The van der Waals surface area contributed by atoms with E-state index in [-0.39, 0.29) is 6.62 Å². The van der Waals surface area contributed by atoms with Gasteiger partial charge >= 0.3 is 0 Å². The molecule has 9 heavy (non-hydrogen) atoms. The first-order valence-corrected chi connectivity index (χ1v) is 7.30. The normalized spacial score (nSPS) is 14.3. The molecule has 0 N–H and O–H groups in total. The first-order chi connectivity index (χ1) is 4.16. The van der Waals surface area contributed by atoms with Crippen LogP contribution in [0.1, 0.15) is 27.2 Å². The Hall–Kier alpha value is 0.910.